The zero-order chi connectivity index (χ0) is 16.2. The number of benzene rings is 1. The summed E-state index contributed by atoms with van der Waals surface area (Å²) < 4.78 is 0. The molecule has 120 valence electrons. The number of nitrogens with one attached hydrogen (secondary N) is 1. The molecular formula is C17H19N3O3. The van der Waals surface area contributed by atoms with Crippen LogP contribution in [0.25, 0.3) is 10.9 Å². The maximum Gasteiger partial charge on any atom is 0.407 e. The van der Waals surface area contributed by atoms with Crippen LogP contribution in [0.1, 0.15) is 23.2 Å². The third-order valence-electron chi connectivity index (χ3n) is 4.33. The Morgan fingerprint density at radius 3 is 2.70 bits per heavy atom. The van der Waals surface area contributed by atoms with Crippen LogP contribution in [-0.2, 0) is 0 Å². The fourth-order valence-corrected chi connectivity index (χ4v) is 2.95. The Bertz CT molecular complexity index is 719. The van der Waals surface area contributed by atoms with E-state index in [1.165, 1.54) is 4.90 Å². The van der Waals surface area contributed by atoms with Crippen LogP contribution in [0.5, 0.6) is 0 Å². The topological polar surface area (TPSA) is 82.5 Å². The molecule has 0 atom stereocenters. The number of aromatic nitrogens is 1. The summed E-state index contributed by atoms with van der Waals surface area (Å²) in [5.41, 5.74) is 1.42. The monoisotopic (exact) mass is 313 g/mol. The molecule has 1 aromatic carbocycles. The molecule has 1 aromatic heterocycles. The zero-order valence-corrected chi connectivity index (χ0v) is 12.7. The Hall–Kier alpha value is -2.63. The van der Waals surface area contributed by atoms with Gasteiger partial charge in [-0.05, 0) is 30.9 Å². The first kappa shape index (κ1) is 15.3. The number of carboxylic acid groups (broad SMARTS) is 1. The van der Waals surface area contributed by atoms with Crippen LogP contribution in [0.2, 0.25) is 0 Å². The van der Waals surface area contributed by atoms with Crippen molar-refractivity contribution in [3.63, 3.8) is 0 Å². The van der Waals surface area contributed by atoms with Gasteiger partial charge >= 0.3 is 6.09 Å². The van der Waals surface area contributed by atoms with Crippen molar-refractivity contribution in [3.05, 3.63) is 42.1 Å². The SMILES string of the molecule is O=C(NCC1CCN(C(=O)O)CC1)c1ccnc2ccccc12. The lowest BCUT2D eigenvalue weighted by Gasteiger charge is -2.30. The van der Waals surface area contributed by atoms with Crippen molar-refractivity contribution in [2.45, 2.75) is 12.8 Å². The molecule has 1 aliphatic rings. The van der Waals surface area contributed by atoms with Gasteiger partial charge in [-0.25, -0.2) is 4.79 Å². The number of carbonyl (C=O) groups excluding carboxylic acids is 1. The summed E-state index contributed by atoms with van der Waals surface area (Å²) in [6.45, 7) is 1.64. The lowest BCUT2D eigenvalue weighted by Crippen LogP contribution is -2.40. The quantitative estimate of drug-likeness (QED) is 0.911. The van der Waals surface area contributed by atoms with E-state index in [4.69, 9.17) is 5.11 Å². The van der Waals surface area contributed by atoms with Crippen molar-refractivity contribution in [1.29, 1.82) is 0 Å². The summed E-state index contributed by atoms with van der Waals surface area (Å²) in [5.74, 6) is 0.215. The molecule has 2 aromatic rings. The van der Waals surface area contributed by atoms with Gasteiger partial charge in [0.05, 0.1) is 11.1 Å². The summed E-state index contributed by atoms with van der Waals surface area (Å²) >= 11 is 0. The largest absolute Gasteiger partial charge is 0.465 e. The van der Waals surface area contributed by atoms with Crippen molar-refractivity contribution in [3.8, 4) is 0 Å². The Kier molecular flexibility index (Phi) is 4.41. The number of amides is 2. The van der Waals surface area contributed by atoms with Crippen LogP contribution in [-0.4, -0.2) is 46.6 Å². The summed E-state index contributed by atoms with van der Waals surface area (Å²) in [6.07, 6.45) is 2.34. The van der Waals surface area contributed by atoms with Crippen LogP contribution in [0.3, 0.4) is 0 Å². The second-order valence-electron chi connectivity index (χ2n) is 5.80. The van der Waals surface area contributed by atoms with Crippen molar-refractivity contribution in [2.75, 3.05) is 19.6 Å². The third kappa shape index (κ3) is 3.41. The number of pyridine rings is 1. The van der Waals surface area contributed by atoms with Gasteiger partial charge in [0.15, 0.2) is 0 Å². The summed E-state index contributed by atoms with van der Waals surface area (Å²) in [7, 11) is 0. The molecular weight excluding hydrogens is 294 g/mol. The number of likely N-dealkylation sites (tertiary alicyclic amines) is 1. The Labute approximate surface area is 134 Å². The van der Waals surface area contributed by atoms with Crippen LogP contribution in [0, 0.1) is 5.92 Å². The number of para-hydroxylation sites is 1. The molecule has 0 aliphatic carbocycles. The van der Waals surface area contributed by atoms with E-state index in [-0.39, 0.29) is 5.91 Å². The summed E-state index contributed by atoms with van der Waals surface area (Å²) in [6, 6.07) is 9.29. The fraction of sp³-hybridized carbons (Fsp3) is 0.353. The van der Waals surface area contributed by atoms with Gasteiger partial charge < -0.3 is 15.3 Å². The minimum Gasteiger partial charge on any atom is -0.465 e. The first-order valence-electron chi connectivity index (χ1n) is 7.75. The highest BCUT2D eigenvalue weighted by atomic mass is 16.4. The van der Waals surface area contributed by atoms with E-state index in [9.17, 15) is 9.59 Å². The van der Waals surface area contributed by atoms with Gasteiger partial charge in [-0.2, -0.15) is 0 Å². The maximum atomic E-state index is 12.4. The van der Waals surface area contributed by atoms with Crippen molar-refractivity contribution >= 4 is 22.9 Å². The Balaban J connectivity index is 1.60. The van der Waals surface area contributed by atoms with Gasteiger partial charge in [0.2, 0.25) is 0 Å². The van der Waals surface area contributed by atoms with Crippen molar-refractivity contribution in [2.24, 2.45) is 5.92 Å². The van der Waals surface area contributed by atoms with Gasteiger partial charge in [0.1, 0.15) is 0 Å². The van der Waals surface area contributed by atoms with Gasteiger partial charge in [-0.1, -0.05) is 18.2 Å². The van der Waals surface area contributed by atoms with Crippen molar-refractivity contribution in [1.82, 2.24) is 15.2 Å². The number of fused-ring (bicyclic) bond motifs is 1. The number of carbonyl (C=O) groups is 2. The molecule has 0 saturated carbocycles. The second-order valence-corrected chi connectivity index (χ2v) is 5.80. The van der Waals surface area contributed by atoms with Gasteiger partial charge in [-0.3, -0.25) is 9.78 Å². The minimum absolute atomic E-state index is 0.107. The van der Waals surface area contributed by atoms with Crippen LogP contribution < -0.4 is 5.32 Å². The van der Waals surface area contributed by atoms with Crippen LogP contribution >= 0.6 is 0 Å². The number of hydrogen-bond donors (Lipinski definition) is 2. The van der Waals surface area contributed by atoms with E-state index in [0.717, 1.165) is 23.7 Å². The lowest BCUT2D eigenvalue weighted by molar-refractivity contribution is 0.0930. The van der Waals surface area contributed by atoms with Crippen LogP contribution in [0.4, 0.5) is 4.79 Å². The van der Waals surface area contributed by atoms with E-state index in [1.807, 2.05) is 24.3 Å². The second kappa shape index (κ2) is 6.64. The van der Waals surface area contributed by atoms with E-state index in [2.05, 4.69) is 10.3 Å². The maximum absolute atomic E-state index is 12.4. The van der Waals surface area contributed by atoms with Crippen LogP contribution in [0.15, 0.2) is 36.5 Å². The number of hydrogen-bond acceptors (Lipinski definition) is 3. The normalized spacial score (nSPS) is 15.6. The predicted octanol–water partition coefficient (Wildman–Crippen LogP) is 2.35. The van der Waals surface area contributed by atoms with E-state index >= 15 is 0 Å². The minimum atomic E-state index is -0.865. The van der Waals surface area contributed by atoms with E-state index in [1.54, 1.807) is 12.3 Å². The fourth-order valence-electron chi connectivity index (χ4n) is 2.95. The summed E-state index contributed by atoms with van der Waals surface area (Å²) in [5, 5.41) is 12.8. The molecule has 0 radical (unpaired) electrons. The number of piperidine rings is 1. The molecule has 0 spiro atoms. The number of rotatable bonds is 3. The Morgan fingerprint density at radius 2 is 1.96 bits per heavy atom. The average Bonchev–Trinajstić information content (AvgIpc) is 2.59. The third-order valence-corrected chi connectivity index (χ3v) is 4.33. The average molecular weight is 313 g/mol. The molecule has 0 bridgehead atoms. The lowest BCUT2D eigenvalue weighted by atomic mass is 9.97. The predicted molar refractivity (Wildman–Crippen MR) is 86.4 cm³/mol. The van der Waals surface area contributed by atoms with Gasteiger partial charge in [-0.15, -0.1) is 0 Å². The Morgan fingerprint density at radius 1 is 1.22 bits per heavy atom. The number of nitrogens with zero attached hydrogens (tertiary/aromatic N) is 2. The molecule has 23 heavy (non-hydrogen) atoms. The van der Waals surface area contributed by atoms with Gasteiger partial charge in [0.25, 0.3) is 5.91 Å². The highest BCUT2D eigenvalue weighted by Crippen LogP contribution is 2.18. The van der Waals surface area contributed by atoms with Gasteiger partial charge in [0, 0.05) is 31.2 Å². The molecule has 6 nitrogen and oxygen atoms in total. The molecule has 1 saturated heterocycles. The first-order valence-corrected chi connectivity index (χ1v) is 7.75. The molecule has 1 fully saturated rings. The highest BCUT2D eigenvalue weighted by molar-refractivity contribution is 6.05. The molecule has 1 aliphatic heterocycles. The zero-order valence-electron chi connectivity index (χ0n) is 12.7. The molecule has 2 N–H and O–H groups in total. The first-order chi connectivity index (χ1) is 11.1. The van der Waals surface area contributed by atoms with E-state index < -0.39 is 6.09 Å². The van der Waals surface area contributed by atoms with E-state index in [0.29, 0.717) is 31.1 Å². The molecule has 6 heteroatoms. The molecule has 3 rings (SSSR count). The standard InChI is InChI=1S/C17H19N3O3/c21-16(14-5-8-18-15-4-2-1-3-13(14)15)19-11-12-6-9-20(10-7-12)17(22)23/h1-5,8,12H,6-7,9-11H2,(H,19,21)(H,22,23). The summed E-state index contributed by atoms with van der Waals surface area (Å²) in [4.78, 5) is 29.0. The smallest absolute Gasteiger partial charge is 0.407 e. The highest BCUT2D eigenvalue weighted by Gasteiger charge is 2.22. The van der Waals surface area contributed by atoms with Crippen molar-refractivity contribution < 1.29 is 14.7 Å². The molecule has 2 heterocycles. The molecule has 0 unspecified atom stereocenters. The molecule has 2 amide bonds.